The lowest BCUT2D eigenvalue weighted by molar-refractivity contribution is 0.0265. The molecule has 2 unspecified atom stereocenters. The van der Waals surface area contributed by atoms with Crippen LogP contribution in [0.2, 0.25) is 5.02 Å². The van der Waals surface area contributed by atoms with Crippen LogP contribution in [-0.4, -0.2) is 31.3 Å². The lowest BCUT2D eigenvalue weighted by Crippen LogP contribution is -2.17. The van der Waals surface area contributed by atoms with Crippen molar-refractivity contribution in [3.8, 4) is 0 Å². The van der Waals surface area contributed by atoms with Gasteiger partial charge in [0.05, 0.1) is 18.9 Å². The summed E-state index contributed by atoms with van der Waals surface area (Å²) in [5.74, 6) is 2.05. The van der Waals surface area contributed by atoms with Gasteiger partial charge in [0.1, 0.15) is 6.10 Å². The Morgan fingerprint density at radius 3 is 3.07 bits per heavy atom. The van der Waals surface area contributed by atoms with E-state index in [4.69, 9.17) is 16.3 Å². The minimum atomic E-state index is -0.858. The van der Waals surface area contributed by atoms with Gasteiger partial charge in [-0.15, -0.1) is 0 Å². The zero-order valence-corrected chi connectivity index (χ0v) is 16.2. The molecule has 0 radical (unpaired) electrons. The van der Waals surface area contributed by atoms with Crippen LogP contribution in [0.1, 0.15) is 29.6 Å². The zero-order valence-electron chi connectivity index (χ0n) is 15.5. The molecule has 8 heteroatoms. The number of hydrogen-bond acceptors (Lipinski definition) is 5. The quantitative estimate of drug-likeness (QED) is 0.651. The first-order valence-corrected chi connectivity index (χ1v) is 9.85. The van der Waals surface area contributed by atoms with Crippen molar-refractivity contribution in [1.82, 2.24) is 19.6 Å². The van der Waals surface area contributed by atoms with Gasteiger partial charge in [0.2, 0.25) is 0 Å². The van der Waals surface area contributed by atoms with Crippen molar-refractivity contribution in [3.63, 3.8) is 0 Å². The lowest BCUT2D eigenvalue weighted by atomic mass is 10.0. The number of halogens is 1. The molecule has 0 saturated heterocycles. The van der Waals surface area contributed by atoms with Crippen LogP contribution >= 0.6 is 11.6 Å². The molecule has 2 aliphatic carbocycles. The Morgan fingerprint density at radius 1 is 1.34 bits per heavy atom. The summed E-state index contributed by atoms with van der Waals surface area (Å²) >= 11 is 6.09. The first-order chi connectivity index (χ1) is 14.1. The summed E-state index contributed by atoms with van der Waals surface area (Å²) in [6.45, 7) is 0.129. The summed E-state index contributed by atoms with van der Waals surface area (Å²) in [6, 6.07) is 8.47. The number of aromatic amines is 1. The molecule has 3 atom stereocenters. The van der Waals surface area contributed by atoms with Gasteiger partial charge in [-0.1, -0.05) is 48.0 Å². The first-order valence-electron chi connectivity index (χ1n) is 9.48. The van der Waals surface area contributed by atoms with Gasteiger partial charge in [-0.05, 0) is 29.9 Å². The van der Waals surface area contributed by atoms with Crippen molar-refractivity contribution >= 4 is 23.0 Å². The smallest absolute Gasteiger partial charge is 0.274 e. The molecule has 0 bridgehead atoms. The third-order valence-electron chi connectivity index (χ3n) is 5.32. The van der Waals surface area contributed by atoms with Crippen LogP contribution in [0.3, 0.4) is 0 Å². The molecule has 0 amide bonds. The summed E-state index contributed by atoms with van der Waals surface area (Å²) in [5, 5.41) is 13.8. The number of H-pyrrole nitrogens is 1. The monoisotopic (exact) mass is 410 g/mol. The van der Waals surface area contributed by atoms with Crippen LogP contribution in [0.5, 0.6) is 0 Å². The van der Waals surface area contributed by atoms with Gasteiger partial charge >= 0.3 is 0 Å². The third kappa shape index (κ3) is 3.53. The molecule has 2 N–H and O–H groups in total. The van der Waals surface area contributed by atoms with Crippen molar-refractivity contribution in [3.05, 3.63) is 81.0 Å². The average Bonchev–Trinajstić information content (AvgIpc) is 3.38. The Morgan fingerprint density at radius 2 is 2.21 bits per heavy atom. The molecule has 0 aliphatic heterocycles. The van der Waals surface area contributed by atoms with Crippen LogP contribution in [0.4, 0.5) is 0 Å². The normalized spacial score (nSPS) is 21.1. The van der Waals surface area contributed by atoms with E-state index in [0.29, 0.717) is 39.7 Å². The maximum absolute atomic E-state index is 12.4. The maximum Gasteiger partial charge on any atom is 0.274 e. The van der Waals surface area contributed by atoms with Crippen LogP contribution in [-0.2, 0) is 11.3 Å². The highest BCUT2D eigenvalue weighted by atomic mass is 35.5. The van der Waals surface area contributed by atoms with Crippen LogP contribution in [0.15, 0.2) is 53.4 Å². The molecule has 148 valence electrons. The number of fused-ring (bicyclic) bond motifs is 2. The predicted octanol–water partition coefficient (Wildman–Crippen LogP) is 2.91. The third-order valence-corrected chi connectivity index (χ3v) is 5.66. The Hall–Kier alpha value is -2.74. The minimum Gasteiger partial charge on any atom is -0.386 e. The number of aromatic nitrogens is 4. The fourth-order valence-electron chi connectivity index (χ4n) is 3.71. The zero-order chi connectivity index (χ0) is 20.0. The number of hydrogen-bond donors (Lipinski definition) is 2. The largest absolute Gasteiger partial charge is 0.386 e. The van der Waals surface area contributed by atoms with Gasteiger partial charge in [-0.3, -0.25) is 9.89 Å². The van der Waals surface area contributed by atoms with E-state index in [9.17, 15) is 9.90 Å². The lowest BCUT2D eigenvalue weighted by Gasteiger charge is -2.12. The number of nitrogens with zero attached hydrogens (tertiary/aromatic N) is 3. The number of benzene rings is 1. The standard InChI is InChI=1S/C21H19ClN4O3/c22-17-7-2-1-5-15(17)18(27)11-29-10-13-9-19(28)26-21(23-13)24-20(25-26)14-6-3-4-12-8-16(12)14/h1-7,9,12,16,18,27H,8,10-11H2,(H,23,24,25)/t12-,16?,18?/m0/s1. The molecule has 2 heterocycles. The molecular formula is C21H19ClN4O3. The molecule has 7 nitrogen and oxygen atoms in total. The summed E-state index contributed by atoms with van der Waals surface area (Å²) in [7, 11) is 0. The summed E-state index contributed by atoms with van der Waals surface area (Å²) < 4.78 is 6.91. The topological polar surface area (TPSA) is 92.5 Å². The number of aliphatic hydroxyl groups is 1. The molecule has 1 fully saturated rings. The summed E-state index contributed by atoms with van der Waals surface area (Å²) in [6.07, 6.45) is 6.54. The van der Waals surface area contributed by atoms with Gasteiger partial charge in [0, 0.05) is 16.7 Å². The number of aliphatic hydroxyl groups excluding tert-OH is 1. The van der Waals surface area contributed by atoms with Crippen LogP contribution in [0.25, 0.3) is 11.4 Å². The van der Waals surface area contributed by atoms with Gasteiger partial charge in [-0.2, -0.15) is 9.50 Å². The number of ether oxygens (including phenoxy) is 1. The van der Waals surface area contributed by atoms with E-state index in [1.807, 2.05) is 12.2 Å². The van der Waals surface area contributed by atoms with Crippen molar-refractivity contribution in [2.45, 2.75) is 19.1 Å². The first kappa shape index (κ1) is 18.3. The molecule has 5 rings (SSSR count). The molecule has 1 aromatic carbocycles. The van der Waals surface area contributed by atoms with Gasteiger partial charge in [0.15, 0.2) is 5.82 Å². The van der Waals surface area contributed by atoms with Crippen molar-refractivity contribution in [2.24, 2.45) is 11.8 Å². The fraction of sp³-hybridized carbons (Fsp3) is 0.286. The fourth-order valence-corrected chi connectivity index (χ4v) is 3.97. The average molecular weight is 411 g/mol. The number of nitrogens with one attached hydrogen (secondary N) is 1. The van der Waals surface area contributed by atoms with Crippen LogP contribution < -0.4 is 5.56 Å². The van der Waals surface area contributed by atoms with Crippen molar-refractivity contribution in [1.29, 1.82) is 0 Å². The Labute approximate surface area is 171 Å². The Balaban J connectivity index is 1.31. The van der Waals surface area contributed by atoms with Gasteiger partial charge < -0.3 is 9.84 Å². The van der Waals surface area contributed by atoms with E-state index in [0.717, 1.165) is 12.0 Å². The Bertz CT molecular complexity index is 1200. The van der Waals surface area contributed by atoms with E-state index in [1.54, 1.807) is 24.3 Å². The molecule has 2 aromatic heterocycles. The van der Waals surface area contributed by atoms with Crippen LogP contribution in [0, 0.1) is 11.8 Å². The van der Waals surface area contributed by atoms with E-state index in [1.165, 1.54) is 10.6 Å². The highest BCUT2D eigenvalue weighted by Gasteiger charge is 2.40. The molecule has 3 aromatic rings. The summed E-state index contributed by atoms with van der Waals surface area (Å²) in [4.78, 5) is 21.4. The van der Waals surface area contributed by atoms with Crippen molar-refractivity contribution in [2.75, 3.05) is 6.61 Å². The second-order valence-electron chi connectivity index (χ2n) is 7.36. The predicted molar refractivity (Wildman–Crippen MR) is 108 cm³/mol. The van der Waals surface area contributed by atoms with E-state index >= 15 is 0 Å². The number of rotatable bonds is 6. The molecule has 1 saturated carbocycles. The minimum absolute atomic E-state index is 0.0406. The molecule has 2 aliphatic rings. The maximum atomic E-state index is 12.4. The second-order valence-corrected chi connectivity index (χ2v) is 7.77. The van der Waals surface area contributed by atoms with Gasteiger partial charge in [-0.25, -0.2) is 4.98 Å². The number of allylic oxidation sites excluding steroid dienone is 4. The van der Waals surface area contributed by atoms with Gasteiger partial charge in [0.25, 0.3) is 11.3 Å². The summed E-state index contributed by atoms with van der Waals surface area (Å²) in [5.41, 5.74) is 1.92. The molecule has 0 spiro atoms. The Kier molecular flexibility index (Phi) is 4.58. The molecule has 29 heavy (non-hydrogen) atoms. The second kappa shape index (κ2) is 7.26. The molecular weight excluding hydrogens is 392 g/mol. The van der Waals surface area contributed by atoms with Crippen molar-refractivity contribution < 1.29 is 9.84 Å². The van der Waals surface area contributed by atoms with E-state index < -0.39 is 6.10 Å². The van der Waals surface area contributed by atoms with E-state index in [2.05, 4.69) is 21.1 Å². The SMILES string of the molecule is O=c1cc(COCC(O)c2ccccc2Cl)nc2nc(C3=CC=C[C@H]4CC34)[nH]n12. The highest BCUT2D eigenvalue weighted by Crippen LogP contribution is 2.50. The van der Waals surface area contributed by atoms with E-state index in [-0.39, 0.29) is 18.8 Å². The highest BCUT2D eigenvalue weighted by molar-refractivity contribution is 6.31.